The van der Waals surface area contributed by atoms with Crippen molar-refractivity contribution in [1.82, 2.24) is 5.32 Å². The lowest BCUT2D eigenvalue weighted by Gasteiger charge is -2.39. The topological polar surface area (TPSA) is 41.1 Å². The third kappa shape index (κ3) is 3.60. The second kappa shape index (κ2) is 5.78. The number of hydrogen-bond donors (Lipinski definition) is 2. The van der Waals surface area contributed by atoms with Gasteiger partial charge in [0.2, 0.25) is 5.91 Å². The number of rotatable bonds is 3. The van der Waals surface area contributed by atoms with Gasteiger partial charge in [0.15, 0.2) is 0 Å². The summed E-state index contributed by atoms with van der Waals surface area (Å²) in [7, 11) is 0. The van der Waals surface area contributed by atoms with Crippen LogP contribution in [0.4, 0.5) is 10.1 Å². The van der Waals surface area contributed by atoms with Crippen LogP contribution >= 0.6 is 11.6 Å². The smallest absolute Gasteiger partial charge is 0.218 e. The number of amides is 1. The van der Waals surface area contributed by atoms with Crippen molar-refractivity contribution in [2.45, 2.75) is 38.3 Å². The van der Waals surface area contributed by atoms with E-state index in [0.717, 1.165) is 25.7 Å². The van der Waals surface area contributed by atoms with Gasteiger partial charge in [0.1, 0.15) is 11.5 Å². The number of hydrogen-bond acceptors (Lipinski definition) is 2. The van der Waals surface area contributed by atoms with Gasteiger partial charge in [0.05, 0.1) is 5.02 Å². The summed E-state index contributed by atoms with van der Waals surface area (Å²) in [6.07, 6.45) is 5.77. The van der Waals surface area contributed by atoms with E-state index in [0.29, 0.717) is 5.69 Å². The van der Waals surface area contributed by atoms with Crippen molar-refractivity contribution >= 4 is 23.2 Å². The van der Waals surface area contributed by atoms with Crippen molar-refractivity contribution in [1.29, 1.82) is 0 Å². The fourth-order valence-corrected chi connectivity index (χ4v) is 2.62. The average molecular weight is 284 g/mol. The number of halogens is 2. The Kier molecular flexibility index (Phi) is 4.30. The molecule has 1 aliphatic carbocycles. The van der Waals surface area contributed by atoms with E-state index in [2.05, 4.69) is 17.1 Å². The Morgan fingerprint density at radius 1 is 1.47 bits per heavy atom. The molecule has 1 aromatic carbocycles. The monoisotopic (exact) mass is 283 g/mol. The second-order valence-electron chi connectivity index (χ2n) is 4.90. The lowest BCUT2D eigenvalue weighted by Crippen LogP contribution is -2.55. The molecule has 2 rings (SSSR count). The van der Waals surface area contributed by atoms with Gasteiger partial charge in [-0.25, -0.2) is 4.39 Å². The van der Waals surface area contributed by atoms with E-state index >= 15 is 0 Å². The van der Waals surface area contributed by atoms with Crippen LogP contribution in [0.1, 0.15) is 32.6 Å². The van der Waals surface area contributed by atoms with Gasteiger partial charge in [0.25, 0.3) is 0 Å². The lowest BCUT2D eigenvalue weighted by molar-refractivity contribution is -0.120. The first kappa shape index (κ1) is 14.1. The van der Waals surface area contributed by atoms with Crippen LogP contribution in [0, 0.1) is 12.2 Å². The molecule has 1 aliphatic rings. The zero-order chi connectivity index (χ0) is 13.9. The Bertz CT molecular complexity index is 473. The van der Waals surface area contributed by atoms with Crippen LogP contribution in [0.3, 0.4) is 0 Å². The molecule has 0 aromatic heterocycles. The van der Waals surface area contributed by atoms with E-state index in [1.54, 1.807) is 6.07 Å². The van der Waals surface area contributed by atoms with Gasteiger partial charge in [-0.3, -0.25) is 4.79 Å². The van der Waals surface area contributed by atoms with Crippen LogP contribution in [-0.2, 0) is 4.79 Å². The van der Waals surface area contributed by atoms with Gasteiger partial charge in [0, 0.05) is 12.6 Å². The summed E-state index contributed by atoms with van der Waals surface area (Å²) in [4.78, 5) is 11.4. The van der Waals surface area contributed by atoms with Crippen molar-refractivity contribution in [3.63, 3.8) is 0 Å². The normalized spacial score (nSPS) is 17.8. The molecule has 3 nitrogen and oxygen atoms in total. The maximum atomic E-state index is 13.1. The van der Waals surface area contributed by atoms with Crippen LogP contribution in [0.15, 0.2) is 18.2 Å². The van der Waals surface area contributed by atoms with Crippen LogP contribution in [0.25, 0.3) is 0 Å². The van der Waals surface area contributed by atoms with Crippen molar-refractivity contribution in [3.8, 4) is 0 Å². The van der Waals surface area contributed by atoms with Gasteiger partial charge in [-0.05, 0) is 50.3 Å². The van der Waals surface area contributed by atoms with Crippen LogP contribution in [0.2, 0.25) is 5.02 Å². The third-order valence-electron chi connectivity index (χ3n) is 3.22. The summed E-state index contributed by atoms with van der Waals surface area (Å²) in [5.74, 6) is -0.535. The fraction of sp³-hybridized carbons (Fsp3) is 0.429. The first-order valence-corrected chi connectivity index (χ1v) is 6.72. The number of benzene rings is 1. The van der Waals surface area contributed by atoms with Gasteiger partial charge in [-0.2, -0.15) is 0 Å². The zero-order valence-corrected chi connectivity index (χ0v) is 11.6. The largest absolute Gasteiger partial charge is 0.363 e. The molecule has 1 radical (unpaired) electrons. The molecule has 1 saturated carbocycles. The Morgan fingerprint density at radius 2 is 2.26 bits per heavy atom. The highest BCUT2D eigenvalue weighted by Crippen LogP contribution is 2.30. The van der Waals surface area contributed by atoms with Crippen molar-refractivity contribution in [2.24, 2.45) is 0 Å². The number of carbonyl (C=O) groups is 1. The molecule has 0 bridgehead atoms. The van der Waals surface area contributed by atoms with E-state index in [1.807, 2.05) is 0 Å². The van der Waals surface area contributed by atoms with E-state index in [1.165, 1.54) is 19.1 Å². The average Bonchev–Trinajstić information content (AvgIpc) is 2.34. The highest BCUT2D eigenvalue weighted by Gasteiger charge is 2.32. The summed E-state index contributed by atoms with van der Waals surface area (Å²) in [6, 6.07) is 4.48. The van der Waals surface area contributed by atoms with Gasteiger partial charge >= 0.3 is 0 Å². The number of nitrogens with one attached hydrogen (secondary N) is 2. The van der Waals surface area contributed by atoms with Crippen molar-refractivity contribution in [3.05, 3.63) is 35.5 Å². The van der Waals surface area contributed by atoms with Gasteiger partial charge in [-0.15, -0.1) is 0 Å². The Morgan fingerprint density at radius 3 is 2.84 bits per heavy atom. The predicted octanol–water partition coefficient (Wildman–Crippen LogP) is 3.50. The number of carbonyl (C=O) groups excluding carboxylic acids is 1. The molecule has 19 heavy (non-hydrogen) atoms. The van der Waals surface area contributed by atoms with Crippen LogP contribution in [-0.4, -0.2) is 11.6 Å². The quantitative estimate of drug-likeness (QED) is 0.834. The zero-order valence-electron chi connectivity index (χ0n) is 10.8. The minimum atomic E-state index is -0.495. The Balaban J connectivity index is 2.19. The molecule has 0 spiro atoms. The molecule has 2 N–H and O–H groups in total. The first-order valence-electron chi connectivity index (χ1n) is 6.34. The molecule has 1 unspecified atom stereocenters. The molecule has 1 fully saturated rings. The first-order chi connectivity index (χ1) is 9.01. The highest BCUT2D eigenvalue weighted by atomic mass is 35.5. The summed E-state index contributed by atoms with van der Waals surface area (Å²) >= 11 is 5.77. The van der Waals surface area contributed by atoms with E-state index in [4.69, 9.17) is 11.6 Å². The summed E-state index contributed by atoms with van der Waals surface area (Å²) < 4.78 is 13.1. The Labute approximate surface area is 117 Å². The maximum Gasteiger partial charge on any atom is 0.218 e. The molecule has 103 valence electrons. The van der Waals surface area contributed by atoms with E-state index in [-0.39, 0.29) is 10.9 Å². The SMILES string of the molecule is CC(=O)NC1(Nc2ccc(F)c(Cl)c2)C[CH]CCC1. The van der Waals surface area contributed by atoms with Crippen molar-refractivity contribution in [2.75, 3.05) is 5.32 Å². The van der Waals surface area contributed by atoms with Gasteiger partial charge < -0.3 is 10.6 Å². The lowest BCUT2D eigenvalue weighted by atomic mass is 9.88. The summed E-state index contributed by atoms with van der Waals surface area (Å²) in [6.45, 7) is 1.50. The fourth-order valence-electron chi connectivity index (χ4n) is 2.44. The van der Waals surface area contributed by atoms with Crippen LogP contribution < -0.4 is 10.6 Å². The predicted molar refractivity (Wildman–Crippen MR) is 74.3 cm³/mol. The highest BCUT2D eigenvalue weighted by molar-refractivity contribution is 6.31. The Hall–Kier alpha value is -1.29. The molecule has 0 saturated heterocycles. The molecule has 0 heterocycles. The molecular weight excluding hydrogens is 267 g/mol. The minimum Gasteiger partial charge on any atom is -0.363 e. The van der Waals surface area contributed by atoms with E-state index < -0.39 is 11.5 Å². The maximum absolute atomic E-state index is 13.1. The molecule has 1 atom stereocenters. The molecule has 0 aliphatic heterocycles. The number of anilines is 1. The molecule has 5 heteroatoms. The standard InChI is InChI=1S/C14H17ClFN2O/c1-10(19)17-14(7-3-2-4-8-14)18-11-5-6-13(16)12(15)9-11/h3,5-6,9,18H,2,4,7-8H2,1H3,(H,17,19). The third-order valence-corrected chi connectivity index (χ3v) is 3.51. The molecule has 1 amide bonds. The second-order valence-corrected chi connectivity index (χ2v) is 5.31. The van der Waals surface area contributed by atoms with Gasteiger partial charge in [-0.1, -0.05) is 11.6 Å². The summed E-state index contributed by atoms with van der Waals surface area (Å²) in [5, 5.41) is 6.31. The summed E-state index contributed by atoms with van der Waals surface area (Å²) in [5.41, 5.74) is 0.209. The van der Waals surface area contributed by atoms with Crippen molar-refractivity contribution < 1.29 is 9.18 Å². The van der Waals surface area contributed by atoms with E-state index in [9.17, 15) is 9.18 Å². The molecular formula is C14H17ClFN2O. The van der Waals surface area contributed by atoms with Crippen LogP contribution in [0.5, 0.6) is 0 Å². The minimum absolute atomic E-state index is 0.0720. The molecule has 1 aromatic rings.